The maximum atomic E-state index is 5.98. The quantitative estimate of drug-likeness (QED) is 0.618. The topological polar surface area (TPSA) is 36.9 Å². The predicted octanol–water partition coefficient (Wildman–Crippen LogP) is 4.00. The van der Waals surface area contributed by atoms with Gasteiger partial charge in [-0.3, -0.25) is 10.3 Å². The van der Waals surface area contributed by atoms with Gasteiger partial charge in [0.25, 0.3) is 0 Å². The molecule has 3 rings (SSSR count). The van der Waals surface area contributed by atoms with Gasteiger partial charge < -0.3 is 4.74 Å². The highest BCUT2D eigenvalue weighted by molar-refractivity contribution is 5.83. The Kier molecular flexibility index (Phi) is 6.26. The molecule has 2 aromatic carbocycles. The molecule has 1 fully saturated rings. The summed E-state index contributed by atoms with van der Waals surface area (Å²) in [4.78, 5) is 2.48. The van der Waals surface area contributed by atoms with Crippen LogP contribution >= 0.6 is 0 Å². The van der Waals surface area contributed by atoms with E-state index >= 15 is 0 Å². The Morgan fingerprint density at radius 2 is 1.71 bits per heavy atom. The molecule has 1 aliphatic rings. The lowest BCUT2D eigenvalue weighted by atomic mass is 10.1. The fourth-order valence-corrected chi connectivity index (χ4v) is 2.88. The number of rotatable bonds is 7. The fraction of sp³-hybridized carbons (Fsp3) is 0.350. The lowest BCUT2D eigenvalue weighted by Gasteiger charge is -2.26. The van der Waals surface area contributed by atoms with E-state index in [1.54, 1.807) is 0 Å². The molecule has 0 saturated carbocycles. The number of hydrogen-bond donors (Lipinski definition) is 1. The number of anilines is 1. The summed E-state index contributed by atoms with van der Waals surface area (Å²) >= 11 is 0. The van der Waals surface area contributed by atoms with Crippen LogP contribution in [0.15, 0.2) is 59.7 Å². The Morgan fingerprint density at radius 3 is 2.54 bits per heavy atom. The van der Waals surface area contributed by atoms with E-state index in [2.05, 4.69) is 15.4 Å². The van der Waals surface area contributed by atoms with Crippen molar-refractivity contribution < 1.29 is 4.74 Å². The van der Waals surface area contributed by atoms with Crippen molar-refractivity contribution >= 4 is 11.9 Å². The molecule has 0 bridgehead atoms. The third-order valence-corrected chi connectivity index (χ3v) is 4.20. The Bertz CT molecular complexity index is 636. The molecule has 1 saturated heterocycles. The average Bonchev–Trinajstić information content (AvgIpc) is 2.65. The third kappa shape index (κ3) is 5.10. The lowest BCUT2D eigenvalue weighted by molar-refractivity contribution is 0.183. The third-order valence-electron chi connectivity index (χ3n) is 4.20. The zero-order valence-corrected chi connectivity index (χ0v) is 14.0. The summed E-state index contributed by atoms with van der Waals surface area (Å²) in [5.41, 5.74) is 4.99. The second-order valence-electron chi connectivity index (χ2n) is 6.02. The van der Waals surface area contributed by atoms with Crippen LogP contribution in [0.4, 0.5) is 5.69 Å². The van der Waals surface area contributed by atoms with Crippen molar-refractivity contribution in [2.24, 2.45) is 5.10 Å². The highest BCUT2D eigenvalue weighted by Gasteiger charge is 2.09. The number of para-hydroxylation sites is 2. The van der Waals surface area contributed by atoms with Crippen molar-refractivity contribution in [3.63, 3.8) is 0 Å². The van der Waals surface area contributed by atoms with E-state index in [1.807, 2.05) is 60.8 Å². The van der Waals surface area contributed by atoms with Crippen molar-refractivity contribution in [2.45, 2.75) is 19.3 Å². The number of likely N-dealkylation sites (tertiary alicyclic amines) is 1. The van der Waals surface area contributed by atoms with E-state index in [-0.39, 0.29) is 0 Å². The van der Waals surface area contributed by atoms with E-state index in [0.29, 0.717) is 0 Å². The highest BCUT2D eigenvalue weighted by atomic mass is 16.5. The Labute approximate surface area is 144 Å². The number of piperidine rings is 1. The molecule has 24 heavy (non-hydrogen) atoms. The average molecular weight is 323 g/mol. The van der Waals surface area contributed by atoms with Gasteiger partial charge in [-0.15, -0.1) is 0 Å². The van der Waals surface area contributed by atoms with Gasteiger partial charge in [-0.05, 0) is 50.2 Å². The van der Waals surface area contributed by atoms with E-state index in [9.17, 15) is 0 Å². The Morgan fingerprint density at radius 1 is 0.958 bits per heavy atom. The first-order valence-corrected chi connectivity index (χ1v) is 8.70. The second kappa shape index (κ2) is 9.08. The van der Waals surface area contributed by atoms with Crippen molar-refractivity contribution in [3.8, 4) is 5.75 Å². The summed E-state index contributed by atoms with van der Waals surface area (Å²) in [5, 5.41) is 4.31. The van der Waals surface area contributed by atoms with Crippen LogP contribution in [0.2, 0.25) is 0 Å². The number of ether oxygens (including phenoxy) is 1. The SMILES string of the molecule is C(=NNc1ccccc1)c1ccccc1OCCN1CCCCC1. The Hall–Kier alpha value is -2.33. The molecule has 0 spiro atoms. The van der Waals surface area contributed by atoms with Gasteiger partial charge in [0.05, 0.1) is 11.9 Å². The number of nitrogens with one attached hydrogen (secondary N) is 1. The number of benzene rings is 2. The molecule has 0 atom stereocenters. The first-order valence-electron chi connectivity index (χ1n) is 8.70. The summed E-state index contributed by atoms with van der Waals surface area (Å²) in [6.45, 7) is 4.12. The molecule has 0 aromatic heterocycles. The van der Waals surface area contributed by atoms with Crippen LogP contribution in [0.1, 0.15) is 24.8 Å². The zero-order valence-electron chi connectivity index (χ0n) is 14.0. The van der Waals surface area contributed by atoms with Crippen LogP contribution in [0.25, 0.3) is 0 Å². The predicted molar refractivity (Wildman–Crippen MR) is 99.9 cm³/mol. The van der Waals surface area contributed by atoms with Crippen molar-refractivity contribution in [3.05, 3.63) is 60.2 Å². The van der Waals surface area contributed by atoms with Crippen LogP contribution in [0.3, 0.4) is 0 Å². The van der Waals surface area contributed by atoms with Gasteiger partial charge >= 0.3 is 0 Å². The lowest BCUT2D eigenvalue weighted by Crippen LogP contribution is -2.33. The molecule has 126 valence electrons. The van der Waals surface area contributed by atoms with E-state index < -0.39 is 0 Å². The molecular weight excluding hydrogens is 298 g/mol. The van der Waals surface area contributed by atoms with Crippen LogP contribution in [-0.2, 0) is 0 Å². The van der Waals surface area contributed by atoms with Crippen molar-refractivity contribution in [2.75, 3.05) is 31.7 Å². The minimum absolute atomic E-state index is 0.719. The van der Waals surface area contributed by atoms with Gasteiger partial charge in [-0.25, -0.2) is 0 Å². The molecule has 1 aliphatic heterocycles. The molecule has 4 heteroatoms. The molecule has 2 aromatic rings. The normalized spacial score (nSPS) is 15.5. The largest absolute Gasteiger partial charge is 0.492 e. The summed E-state index contributed by atoms with van der Waals surface area (Å²) < 4.78 is 5.98. The number of nitrogens with zero attached hydrogens (tertiary/aromatic N) is 2. The molecular formula is C20H25N3O. The standard InChI is InChI=1S/C20H25N3O/c1-3-10-19(11-4-1)22-21-17-18-9-5-6-12-20(18)24-16-15-23-13-7-2-8-14-23/h1,3-6,9-12,17,22H,2,7-8,13-16H2. The van der Waals surface area contributed by atoms with Gasteiger partial charge in [0.15, 0.2) is 0 Å². The van der Waals surface area contributed by atoms with Crippen molar-refractivity contribution in [1.82, 2.24) is 4.90 Å². The minimum Gasteiger partial charge on any atom is -0.492 e. The fourth-order valence-electron chi connectivity index (χ4n) is 2.88. The van der Waals surface area contributed by atoms with E-state index in [0.717, 1.165) is 30.2 Å². The van der Waals surface area contributed by atoms with Gasteiger partial charge in [0.1, 0.15) is 12.4 Å². The molecule has 0 radical (unpaired) electrons. The van der Waals surface area contributed by atoms with Gasteiger partial charge in [0.2, 0.25) is 0 Å². The number of hydrogen-bond acceptors (Lipinski definition) is 4. The Balaban J connectivity index is 1.52. The molecule has 0 amide bonds. The monoisotopic (exact) mass is 323 g/mol. The molecule has 0 aliphatic carbocycles. The number of hydrazone groups is 1. The van der Waals surface area contributed by atoms with Crippen LogP contribution < -0.4 is 10.2 Å². The first-order chi connectivity index (χ1) is 11.9. The molecule has 1 heterocycles. The summed E-state index contributed by atoms with van der Waals surface area (Å²) in [7, 11) is 0. The van der Waals surface area contributed by atoms with Gasteiger partial charge in [0, 0.05) is 12.1 Å². The molecule has 1 N–H and O–H groups in total. The zero-order chi connectivity index (χ0) is 16.5. The van der Waals surface area contributed by atoms with Crippen molar-refractivity contribution in [1.29, 1.82) is 0 Å². The van der Waals surface area contributed by atoms with E-state index in [1.165, 1.54) is 32.4 Å². The first kappa shape index (κ1) is 16.5. The summed E-state index contributed by atoms with van der Waals surface area (Å²) in [6, 6.07) is 17.9. The second-order valence-corrected chi connectivity index (χ2v) is 6.02. The smallest absolute Gasteiger partial charge is 0.128 e. The maximum Gasteiger partial charge on any atom is 0.128 e. The van der Waals surface area contributed by atoms with E-state index in [4.69, 9.17) is 4.74 Å². The summed E-state index contributed by atoms with van der Waals surface area (Å²) in [6.07, 6.45) is 5.80. The van der Waals surface area contributed by atoms with Crippen LogP contribution in [0.5, 0.6) is 5.75 Å². The minimum atomic E-state index is 0.719. The molecule has 0 unspecified atom stereocenters. The van der Waals surface area contributed by atoms with Crippen LogP contribution in [0, 0.1) is 0 Å². The van der Waals surface area contributed by atoms with Gasteiger partial charge in [-0.2, -0.15) is 5.10 Å². The van der Waals surface area contributed by atoms with Gasteiger partial charge in [-0.1, -0.05) is 36.8 Å². The highest BCUT2D eigenvalue weighted by Crippen LogP contribution is 2.16. The summed E-state index contributed by atoms with van der Waals surface area (Å²) in [5.74, 6) is 0.883. The maximum absolute atomic E-state index is 5.98. The molecule has 4 nitrogen and oxygen atoms in total. The van der Waals surface area contributed by atoms with Crippen LogP contribution in [-0.4, -0.2) is 37.4 Å².